The zero-order chi connectivity index (χ0) is 20.8. The van der Waals surface area contributed by atoms with Crippen molar-refractivity contribution in [2.45, 2.75) is 22.1 Å². The number of nitrogens with two attached hydrogens (primary N) is 1. The van der Waals surface area contributed by atoms with Crippen LogP contribution in [0.5, 0.6) is 0 Å². The van der Waals surface area contributed by atoms with Crippen molar-refractivity contribution >= 4 is 44.6 Å². The van der Waals surface area contributed by atoms with Crippen molar-refractivity contribution in [3.63, 3.8) is 0 Å². The Morgan fingerprint density at radius 2 is 1.87 bits per heavy atom. The Kier molecular flexibility index (Phi) is 6.69. The van der Waals surface area contributed by atoms with Crippen LogP contribution in [0, 0.1) is 0 Å². The molecular weight excluding hydrogens is 455 g/mol. The quantitative estimate of drug-likeness (QED) is 0.376. The van der Waals surface area contributed by atoms with Gasteiger partial charge in [0.2, 0.25) is 0 Å². The van der Waals surface area contributed by atoms with Crippen LogP contribution < -0.4 is 45.1 Å². The van der Waals surface area contributed by atoms with Gasteiger partial charge in [-0.05, 0) is 53.9 Å². The van der Waals surface area contributed by atoms with E-state index in [1.807, 2.05) is 0 Å². The van der Waals surface area contributed by atoms with Crippen LogP contribution in [0.1, 0.15) is 17.9 Å². The van der Waals surface area contributed by atoms with Gasteiger partial charge in [-0.15, -0.1) is 11.3 Å². The van der Waals surface area contributed by atoms with Gasteiger partial charge in [0, 0.05) is 21.5 Å². The summed E-state index contributed by atoms with van der Waals surface area (Å²) < 4.78 is 28.2. The monoisotopic (exact) mass is 470 g/mol. The molecule has 1 aliphatic rings. The molecule has 0 amide bonds. The Morgan fingerprint density at radius 3 is 2.50 bits per heavy atom. The van der Waals surface area contributed by atoms with Crippen LogP contribution in [-0.2, 0) is 14.8 Å². The molecule has 1 heterocycles. The second kappa shape index (κ2) is 8.63. The molecule has 1 aromatic heterocycles. The molecular formula is C20H16ClN2NaO4S2. The minimum Gasteiger partial charge on any atom is -0.548 e. The molecule has 2 aromatic carbocycles. The largest absolute Gasteiger partial charge is 1.00 e. The normalized spacial score (nSPS) is 20.4. The minimum absolute atomic E-state index is 0. The third kappa shape index (κ3) is 4.45. The van der Waals surface area contributed by atoms with E-state index in [1.165, 1.54) is 6.07 Å². The fourth-order valence-corrected chi connectivity index (χ4v) is 6.18. The molecule has 30 heavy (non-hydrogen) atoms. The molecule has 1 fully saturated rings. The molecule has 2 atom stereocenters. The zero-order valence-electron chi connectivity index (χ0n) is 16.0. The Morgan fingerprint density at radius 1 is 1.17 bits per heavy atom. The number of rotatable bonds is 6. The van der Waals surface area contributed by atoms with Crippen LogP contribution in [0.3, 0.4) is 0 Å². The van der Waals surface area contributed by atoms with Crippen molar-refractivity contribution < 1.29 is 47.9 Å². The minimum atomic E-state index is -4.06. The van der Waals surface area contributed by atoms with Gasteiger partial charge in [-0.25, -0.2) is 8.42 Å². The van der Waals surface area contributed by atoms with Crippen LogP contribution in [0.4, 0.5) is 5.69 Å². The van der Waals surface area contributed by atoms with Crippen LogP contribution in [-0.4, -0.2) is 19.9 Å². The fourth-order valence-electron chi connectivity index (χ4n) is 3.35. The first-order valence-electron chi connectivity index (χ1n) is 8.68. The maximum absolute atomic E-state index is 12.9. The molecule has 0 bridgehead atoms. The smallest absolute Gasteiger partial charge is 0.548 e. The van der Waals surface area contributed by atoms with Gasteiger partial charge in [-0.1, -0.05) is 35.9 Å². The number of hydrogen-bond acceptors (Lipinski definition) is 6. The van der Waals surface area contributed by atoms with Gasteiger partial charge in [0.25, 0.3) is 10.0 Å². The van der Waals surface area contributed by atoms with Gasteiger partial charge in [-0.3, -0.25) is 0 Å². The number of halogens is 1. The number of hydrogen-bond donors (Lipinski definition) is 2. The third-order valence-electron chi connectivity index (χ3n) is 4.93. The third-order valence-corrected chi connectivity index (χ3v) is 8.32. The van der Waals surface area contributed by atoms with E-state index < -0.39 is 27.4 Å². The number of nitrogen functional groups attached to an aromatic ring is 1. The van der Waals surface area contributed by atoms with Gasteiger partial charge < -0.3 is 15.6 Å². The number of carbonyl (C=O) groups excluding carboxylic acids is 1. The van der Waals surface area contributed by atoms with Gasteiger partial charge in [0.15, 0.2) is 0 Å². The number of sulfonamides is 1. The van der Waals surface area contributed by atoms with Crippen molar-refractivity contribution in [1.29, 1.82) is 0 Å². The second-order valence-electron chi connectivity index (χ2n) is 6.92. The van der Waals surface area contributed by atoms with E-state index in [-0.39, 0.29) is 40.2 Å². The number of carbonyl (C=O) groups is 1. The van der Waals surface area contributed by atoms with E-state index >= 15 is 0 Å². The first-order chi connectivity index (χ1) is 13.7. The second-order valence-corrected chi connectivity index (χ2v) is 10.3. The van der Waals surface area contributed by atoms with E-state index in [0.29, 0.717) is 16.3 Å². The Bertz CT molecular complexity index is 1200. The maximum Gasteiger partial charge on any atom is 1.00 e. The fraction of sp³-hybridized carbons (Fsp3) is 0.150. The summed E-state index contributed by atoms with van der Waals surface area (Å²) in [5.74, 6) is -2.00. The first kappa shape index (κ1) is 23.3. The summed E-state index contributed by atoms with van der Waals surface area (Å²) in [6.45, 7) is 0. The maximum atomic E-state index is 12.9. The van der Waals surface area contributed by atoms with Gasteiger partial charge in [0.1, 0.15) is 4.21 Å². The summed E-state index contributed by atoms with van der Waals surface area (Å²) >= 11 is 6.94. The Labute approximate surface area is 205 Å². The first-order valence-corrected chi connectivity index (χ1v) is 11.4. The number of benzene rings is 2. The molecule has 3 N–H and O–H groups in total. The van der Waals surface area contributed by atoms with Gasteiger partial charge in [0.05, 0.1) is 11.5 Å². The topological polar surface area (TPSA) is 112 Å². The van der Waals surface area contributed by atoms with Gasteiger partial charge >= 0.3 is 29.6 Å². The molecule has 6 nitrogen and oxygen atoms in total. The van der Waals surface area contributed by atoms with E-state index in [1.54, 1.807) is 54.6 Å². The van der Waals surface area contributed by atoms with Crippen molar-refractivity contribution in [2.24, 2.45) is 0 Å². The van der Waals surface area contributed by atoms with Crippen LogP contribution in [0.15, 0.2) is 64.9 Å². The van der Waals surface area contributed by atoms with E-state index in [4.69, 9.17) is 17.3 Å². The summed E-state index contributed by atoms with van der Waals surface area (Å²) in [6, 6.07) is 16.9. The summed E-state index contributed by atoms with van der Waals surface area (Å²) in [7, 11) is -4.06. The van der Waals surface area contributed by atoms with Crippen molar-refractivity contribution in [3.05, 3.63) is 71.2 Å². The molecule has 4 rings (SSSR count). The standard InChI is InChI=1S/C20H17ClN2O4S2.Na/c21-14-6-4-12(5-7-14)17-8-9-18(28-17)29(26,27)23-20(19(24)25)11-16(20)13-2-1-3-15(22)10-13;/h1-10,16,23H,11,22H2,(H,24,25);/q;+1/p-1/t16-,20+;/m1./s1. The van der Waals surface area contributed by atoms with Gasteiger partial charge in [-0.2, -0.15) is 4.72 Å². The Balaban J connectivity index is 0.00000256. The predicted molar refractivity (Wildman–Crippen MR) is 111 cm³/mol. The number of aliphatic carboxylic acids is 1. The number of carboxylic acids is 1. The SMILES string of the molecule is Nc1cccc([C@H]2C[C@@]2(NS(=O)(=O)c2ccc(-c3ccc(Cl)cc3)s2)C(=O)[O-])c1.[Na+]. The predicted octanol–water partition coefficient (Wildman–Crippen LogP) is -0.391. The van der Waals surface area contributed by atoms with Crippen LogP contribution in [0.25, 0.3) is 10.4 Å². The molecule has 0 saturated heterocycles. The summed E-state index contributed by atoms with van der Waals surface area (Å²) in [4.78, 5) is 12.6. The zero-order valence-corrected chi connectivity index (χ0v) is 20.4. The van der Waals surface area contributed by atoms with Crippen molar-refractivity contribution in [3.8, 4) is 10.4 Å². The molecule has 10 heteroatoms. The molecule has 150 valence electrons. The molecule has 0 aliphatic heterocycles. The number of anilines is 1. The van der Waals surface area contributed by atoms with Crippen LogP contribution in [0.2, 0.25) is 5.02 Å². The molecule has 0 unspecified atom stereocenters. The molecule has 0 spiro atoms. The average molecular weight is 471 g/mol. The van der Waals surface area contributed by atoms with Crippen LogP contribution >= 0.6 is 22.9 Å². The summed E-state index contributed by atoms with van der Waals surface area (Å²) in [5, 5.41) is 12.4. The molecule has 3 aromatic rings. The number of carboxylic acid groups (broad SMARTS) is 1. The number of thiophene rings is 1. The van der Waals surface area contributed by atoms with Crippen molar-refractivity contribution in [2.75, 3.05) is 5.73 Å². The molecule has 1 aliphatic carbocycles. The van der Waals surface area contributed by atoms with E-state index in [2.05, 4.69) is 4.72 Å². The van der Waals surface area contributed by atoms with E-state index in [0.717, 1.165) is 21.8 Å². The molecule has 1 saturated carbocycles. The number of nitrogens with one attached hydrogen (secondary N) is 1. The van der Waals surface area contributed by atoms with Crippen molar-refractivity contribution in [1.82, 2.24) is 4.72 Å². The Hall–Kier alpha value is -1.39. The summed E-state index contributed by atoms with van der Waals surface area (Å²) in [6.07, 6.45) is 0.105. The van der Waals surface area contributed by atoms with E-state index in [9.17, 15) is 18.3 Å². The summed E-state index contributed by atoms with van der Waals surface area (Å²) in [5.41, 5.74) is 6.04. The average Bonchev–Trinajstić information content (AvgIpc) is 3.16. The molecule has 0 radical (unpaired) electrons.